The summed E-state index contributed by atoms with van der Waals surface area (Å²) in [5, 5.41) is 2.74. The summed E-state index contributed by atoms with van der Waals surface area (Å²) in [6.45, 7) is 1.72. The van der Waals surface area contributed by atoms with E-state index in [2.05, 4.69) is 10.0 Å². The summed E-state index contributed by atoms with van der Waals surface area (Å²) in [7, 11) is -2.31. The number of ether oxygens (including phenoxy) is 1. The van der Waals surface area contributed by atoms with Crippen LogP contribution in [0.15, 0.2) is 23.1 Å². The van der Waals surface area contributed by atoms with Gasteiger partial charge in [0.25, 0.3) is 0 Å². The summed E-state index contributed by atoms with van der Waals surface area (Å²) in [5.41, 5.74) is 0. The van der Waals surface area contributed by atoms with Gasteiger partial charge in [-0.05, 0) is 12.1 Å². The number of benzene rings is 1. The van der Waals surface area contributed by atoms with Crippen LogP contribution in [0.3, 0.4) is 0 Å². The van der Waals surface area contributed by atoms with Gasteiger partial charge in [0.2, 0.25) is 10.0 Å². The van der Waals surface area contributed by atoms with E-state index in [0.29, 0.717) is 19.7 Å². The summed E-state index contributed by atoms with van der Waals surface area (Å²) in [6.07, 6.45) is 0. The van der Waals surface area contributed by atoms with Crippen molar-refractivity contribution in [3.63, 3.8) is 0 Å². The van der Waals surface area contributed by atoms with E-state index in [1.54, 1.807) is 7.11 Å². The molecule has 0 unspecified atom stereocenters. The van der Waals surface area contributed by atoms with Crippen molar-refractivity contribution in [2.24, 2.45) is 0 Å². The highest BCUT2D eigenvalue weighted by Crippen LogP contribution is 2.21. The van der Waals surface area contributed by atoms with E-state index in [1.165, 1.54) is 18.2 Å². The number of hydrogen-bond acceptors (Lipinski definition) is 4. The fourth-order valence-corrected chi connectivity index (χ4v) is 2.70. The third kappa shape index (κ3) is 5.90. The van der Waals surface area contributed by atoms with Gasteiger partial charge in [0.15, 0.2) is 5.82 Å². The number of halogens is 3. The lowest BCUT2D eigenvalue weighted by atomic mass is 10.3. The summed E-state index contributed by atoms with van der Waals surface area (Å²) < 4.78 is 44.4. The molecule has 0 atom stereocenters. The Morgan fingerprint density at radius 3 is 2.65 bits per heavy atom. The van der Waals surface area contributed by atoms with Gasteiger partial charge < -0.3 is 10.1 Å². The third-order valence-electron chi connectivity index (χ3n) is 2.28. The quantitative estimate of drug-likeness (QED) is 0.698. The first-order valence-corrected chi connectivity index (χ1v) is 7.48. The van der Waals surface area contributed by atoms with Gasteiger partial charge in [-0.15, -0.1) is 12.4 Å². The van der Waals surface area contributed by atoms with Crippen LogP contribution in [0.5, 0.6) is 0 Å². The normalized spacial score (nSPS) is 11.2. The third-order valence-corrected chi connectivity index (χ3v) is 4.05. The number of methoxy groups -OCH3 is 1. The number of sulfonamides is 1. The largest absolute Gasteiger partial charge is 0.383 e. The molecule has 0 amide bonds. The van der Waals surface area contributed by atoms with Crippen molar-refractivity contribution in [3.05, 3.63) is 29.0 Å². The molecule has 0 aliphatic rings. The lowest BCUT2D eigenvalue weighted by molar-refractivity contribution is 0.199. The second-order valence-corrected chi connectivity index (χ2v) is 5.84. The van der Waals surface area contributed by atoms with E-state index in [0.717, 1.165) is 0 Å². The summed E-state index contributed by atoms with van der Waals surface area (Å²) in [5.74, 6) is -0.941. The van der Waals surface area contributed by atoms with Gasteiger partial charge in [-0.2, -0.15) is 0 Å². The molecule has 1 rings (SSSR count). The SMILES string of the molecule is COCCNCCNS(=O)(=O)c1cccc(Cl)c1F.Cl. The zero-order valence-electron chi connectivity index (χ0n) is 10.9. The molecule has 0 heterocycles. The minimum atomic E-state index is -3.89. The molecule has 0 aromatic heterocycles. The fraction of sp³-hybridized carbons (Fsp3) is 0.455. The Kier molecular flexibility index (Phi) is 9.28. The minimum Gasteiger partial charge on any atom is -0.383 e. The molecular formula is C11H17Cl2FN2O3S. The Balaban J connectivity index is 0.00000361. The summed E-state index contributed by atoms with van der Waals surface area (Å²) >= 11 is 5.54. The van der Waals surface area contributed by atoms with Crippen molar-refractivity contribution in [3.8, 4) is 0 Å². The summed E-state index contributed by atoms with van der Waals surface area (Å²) in [4.78, 5) is -0.447. The molecular weight excluding hydrogens is 330 g/mol. The molecule has 0 saturated carbocycles. The average Bonchev–Trinajstić information content (AvgIpc) is 2.36. The van der Waals surface area contributed by atoms with Gasteiger partial charge in [0, 0.05) is 26.7 Å². The Morgan fingerprint density at radius 1 is 1.30 bits per heavy atom. The van der Waals surface area contributed by atoms with Crippen LogP contribution in [0, 0.1) is 5.82 Å². The fourth-order valence-electron chi connectivity index (χ4n) is 1.34. The van der Waals surface area contributed by atoms with Crippen LogP contribution in [0.25, 0.3) is 0 Å². The Bertz CT molecular complexity index is 514. The van der Waals surface area contributed by atoms with E-state index in [9.17, 15) is 12.8 Å². The monoisotopic (exact) mass is 346 g/mol. The van der Waals surface area contributed by atoms with Crippen LogP contribution >= 0.6 is 24.0 Å². The van der Waals surface area contributed by atoms with Crippen LogP contribution in [0.2, 0.25) is 5.02 Å². The zero-order valence-corrected chi connectivity index (χ0v) is 13.2. The first-order chi connectivity index (χ1) is 8.99. The maximum absolute atomic E-state index is 13.6. The van der Waals surface area contributed by atoms with Gasteiger partial charge in [0.1, 0.15) is 4.90 Å². The molecule has 116 valence electrons. The molecule has 0 radical (unpaired) electrons. The Labute approximate surface area is 129 Å². The van der Waals surface area contributed by atoms with Crippen molar-refractivity contribution in [1.82, 2.24) is 10.0 Å². The molecule has 5 nitrogen and oxygen atoms in total. The predicted molar refractivity (Wildman–Crippen MR) is 78.6 cm³/mol. The van der Waals surface area contributed by atoms with Crippen molar-refractivity contribution in [2.75, 3.05) is 33.4 Å². The van der Waals surface area contributed by atoms with Crippen molar-refractivity contribution in [2.45, 2.75) is 4.90 Å². The molecule has 0 bridgehead atoms. The van der Waals surface area contributed by atoms with Crippen molar-refractivity contribution < 1.29 is 17.5 Å². The minimum absolute atomic E-state index is 0. The van der Waals surface area contributed by atoms with Crippen molar-refractivity contribution in [1.29, 1.82) is 0 Å². The van der Waals surface area contributed by atoms with E-state index in [1.807, 2.05) is 0 Å². The molecule has 0 fully saturated rings. The lowest BCUT2D eigenvalue weighted by Gasteiger charge is -2.09. The smallest absolute Gasteiger partial charge is 0.243 e. The molecule has 0 saturated heterocycles. The molecule has 1 aromatic rings. The van der Waals surface area contributed by atoms with Gasteiger partial charge >= 0.3 is 0 Å². The van der Waals surface area contributed by atoms with E-state index in [-0.39, 0.29) is 24.0 Å². The average molecular weight is 347 g/mol. The number of hydrogen-bond donors (Lipinski definition) is 2. The van der Waals surface area contributed by atoms with Crippen LogP contribution in [0.4, 0.5) is 4.39 Å². The maximum Gasteiger partial charge on any atom is 0.243 e. The van der Waals surface area contributed by atoms with Gasteiger partial charge in [-0.1, -0.05) is 17.7 Å². The van der Waals surface area contributed by atoms with E-state index < -0.39 is 20.7 Å². The second kappa shape index (κ2) is 9.49. The highest BCUT2D eigenvalue weighted by molar-refractivity contribution is 7.89. The van der Waals surface area contributed by atoms with Crippen LogP contribution in [0.1, 0.15) is 0 Å². The Hall–Kier alpha value is -0.440. The number of nitrogens with one attached hydrogen (secondary N) is 2. The van der Waals surface area contributed by atoms with Crippen molar-refractivity contribution >= 4 is 34.0 Å². The van der Waals surface area contributed by atoms with Gasteiger partial charge in [-0.25, -0.2) is 17.5 Å². The molecule has 20 heavy (non-hydrogen) atoms. The molecule has 0 aliphatic heterocycles. The maximum atomic E-state index is 13.6. The van der Waals surface area contributed by atoms with Gasteiger partial charge in [-0.3, -0.25) is 0 Å². The first kappa shape index (κ1) is 19.6. The molecule has 9 heteroatoms. The molecule has 0 spiro atoms. The van der Waals surface area contributed by atoms with E-state index in [4.69, 9.17) is 16.3 Å². The summed E-state index contributed by atoms with van der Waals surface area (Å²) in [6, 6.07) is 3.85. The molecule has 1 aromatic carbocycles. The van der Waals surface area contributed by atoms with Gasteiger partial charge in [0.05, 0.1) is 11.6 Å². The first-order valence-electron chi connectivity index (χ1n) is 5.62. The molecule has 2 N–H and O–H groups in total. The topological polar surface area (TPSA) is 67.4 Å². The second-order valence-electron chi connectivity index (χ2n) is 3.69. The van der Waals surface area contributed by atoms with Crippen LogP contribution in [-0.4, -0.2) is 41.8 Å². The van der Waals surface area contributed by atoms with Crippen LogP contribution < -0.4 is 10.0 Å². The number of rotatable bonds is 8. The lowest BCUT2D eigenvalue weighted by Crippen LogP contribution is -2.33. The highest BCUT2D eigenvalue weighted by atomic mass is 35.5. The Morgan fingerprint density at radius 2 is 2.00 bits per heavy atom. The standard InChI is InChI=1S/C11H16ClFN2O3S.ClH/c1-18-8-7-14-5-6-15-19(16,17)10-4-2-3-9(12)11(10)13;/h2-4,14-15H,5-8H2,1H3;1H. The van der Waals surface area contributed by atoms with E-state index >= 15 is 0 Å². The zero-order chi connectivity index (χ0) is 14.3. The van der Waals surface area contributed by atoms with Crippen LogP contribution in [-0.2, 0) is 14.8 Å². The highest BCUT2D eigenvalue weighted by Gasteiger charge is 2.19. The molecule has 0 aliphatic carbocycles. The predicted octanol–water partition coefficient (Wildman–Crippen LogP) is 1.42.